The van der Waals surface area contributed by atoms with Gasteiger partial charge in [-0.05, 0) is 31.2 Å². The van der Waals surface area contributed by atoms with Crippen LogP contribution in [0, 0.1) is 0 Å². The molecule has 0 radical (unpaired) electrons. The van der Waals surface area contributed by atoms with Crippen molar-refractivity contribution >= 4 is 11.4 Å². The molecule has 0 aliphatic heterocycles. The van der Waals surface area contributed by atoms with Crippen molar-refractivity contribution in [1.29, 1.82) is 0 Å². The number of rotatable bonds is 6. The molecule has 0 aliphatic rings. The van der Waals surface area contributed by atoms with E-state index >= 15 is 0 Å². The van der Waals surface area contributed by atoms with Crippen molar-refractivity contribution in [2.24, 2.45) is 5.10 Å². The Balaban J connectivity index is 0.00000127. The minimum absolute atomic E-state index is 0.0923. The van der Waals surface area contributed by atoms with E-state index in [1.54, 1.807) is 18.2 Å². The molecule has 0 amide bonds. The van der Waals surface area contributed by atoms with E-state index in [2.05, 4.69) is 15.5 Å². The van der Waals surface area contributed by atoms with Crippen LogP contribution in [0.1, 0.15) is 32.2 Å². The number of nitrogens with zero attached hydrogens (tertiary/aromatic N) is 2. The van der Waals surface area contributed by atoms with Crippen molar-refractivity contribution in [3.05, 3.63) is 53.9 Å². The maximum Gasteiger partial charge on any atom is 0.173 e. The molecule has 0 fully saturated rings. The van der Waals surface area contributed by atoms with Gasteiger partial charge in [-0.3, -0.25) is 5.43 Å². The van der Waals surface area contributed by atoms with Crippen molar-refractivity contribution in [3.8, 4) is 5.75 Å². The zero-order valence-electron chi connectivity index (χ0n) is 13.8. The monoisotopic (exact) mass is 316 g/mol. The number of nitrogen functional groups attached to an aromatic ring is 1. The van der Waals surface area contributed by atoms with Crippen LogP contribution in [-0.4, -0.2) is 22.5 Å². The van der Waals surface area contributed by atoms with Crippen molar-refractivity contribution in [3.63, 3.8) is 0 Å². The van der Waals surface area contributed by atoms with Crippen LogP contribution >= 0.6 is 0 Å². The van der Waals surface area contributed by atoms with Crippen molar-refractivity contribution in [2.75, 3.05) is 12.5 Å². The molecule has 1 aromatic heterocycles. The molecule has 6 heteroatoms. The topological polar surface area (TPSA) is 92.8 Å². The maximum atomic E-state index is 9.06. The van der Waals surface area contributed by atoms with Crippen molar-refractivity contribution in [1.82, 2.24) is 10.4 Å². The molecule has 1 aromatic carbocycles. The van der Waals surface area contributed by atoms with Gasteiger partial charge in [0.05, 0.1) is 29.4 Å². The highest BCUT2D eigenvalue weighted by atomic mass is 16.5. The Morgan fingerprint density at radius 1 is 1.22 bits per heavy atom. The van der Waals surface area contributed by atoms with Gasteiger partial charge in [-0.2, -0.15) is 5.10 Å². The molecule has 1 heterocycles. The highest BCUT2D eigenvalue weighted by Gasteiger charge is 2.01. The quantitative estimate of drug-likeness (QED) is 0.250. The molecule has 0 aliphatic carbocycles. The first-order valence-electron chi connectivity index (χ1n) is 7.52. The van der Waals surface area contributed by atoms with E-state index in [-0.39, 0.29) is 13.3 Å². The molecule has 0 saturated heterocycles. The predicted octanol–water partition coefficient (Wildman–Crippen LogP) is 2.53. The number of aromatic nitrogens is 1. The molecule has 0 atom stereocenters. The fraction of sp³-hybridized carbons (Fsp3) is 0.294. The SMILES string of the molecule is C/C(=N\NCOc1ccccc1N)c1cccc(CO)n1.CC. The fourth-order valence-electron chi connectivity index (χ4n) is 1.70. The van der Waals surface area contributed by atoms with E-state index in [0.29, 0.717) is 28.5 Å². The zero-order chi connectivity index (χ0) is 17.1. The number of aliphatic hydroxyl groups is 1. The van der Waals surface area contributed by atoms with Crippen molar-refractivity contribution in [2.45, 2.75) is 27.4 Å². The van der Waals surface area contributed by atoms with E-state index in [4.69, 9.17) is 15.6 Å². The first-order valence-corrected chi connectivity index (χ1v) is 7.52. The van der Waals surface area contributed by atoms with Crippen LogP contribution in [-0.2, 0) is 6.61 Å². The average Bonchev–Trinajstić information content (AvgIpc) is 2.61. The summed E-state index contributed by atoms with van der Waals surface area (Å²) >= 11 is 0. The lowest BCUT2D eigenvalue weighted by Crippen LogP contribution is -2.17. The van der Waals surface area contributed by atoms with Crippen LogP contribution in [0.4, 0.5) is 5.69 Å². The highest BCUT2D eigenvalue weighted by molar-refractivity contribution is 5.96. The van der Waals surface area contributed by atoms with E-state index in [1.165, 1.54) is 0 Å². The van der Waals surface area contributed by atoms with E-state index in [9.17, 15) is 0 Å². The molecular formula is C17H24N4O2. The smallest absolute Gasteiger partial charge is 0.173 e. The molecule has 2 aromatic rings. The van der Waals surface area contributed by atoms with Crippen LogP contribution in [0.15, 0.2) is 47.6 Å². The molecule has 0 bridgehead atoms. The van der Waals surface area contributed by atoms with Gasteiger partial charge in [0.25, 0.3) is 0 Å². The highest BCUT2D eigenvalue weighted by Crippen LogP contribution is 2.18. The molecule has 0 unspecified atom stereocenters. The van der Waals surface area contributed by atoms with Gasteiger partial charge >= 0.3 is 0 Å². The largest absolute Gasteiger partial charge is 0.470 e. The lowest BCUT2D eigenvalue weighted by atomic mass is 10.2. The Hall–Kier alpha value is -2.60. The molecule has 124 valence electrons. The van der Waals surface area contributed by atoms with Gasteiger partial charge in [-0.25, -0.2) is 4.98 Å². The number of ether oxygens (including phenoxy) is 1. The minimum atomic E-state index is -0.0923. The second-order valence-corrected chi connectivity index (χ2v) is 4.35. The number of aliphatic hydroxyl groups excluding tert-OH is 1. The van der Waals surface area contributed by atoms with Crippen LogP contribution < -0.4 is 15.9 Å². The number of anilines is 1. The Morgan fingerprint density at radius 3 is 2.65 bits per heavy atom. The second kappa shape index (κ2) is 10.2. The summed E-state index contributed by atoms with van der Waals surface area (Å²) in [6.45, 7) is 5.93. The number of nitrogens with two attached hydrogens (primary N) is 1. The Kier molecular flexibility index (Phi) is 8.17. The number of benzene rings is 1. The molecular weight excluding hydrogens is 292 g/mol. The maximum absolute atomic E-state index is 9.06. The normalized spacial score (nSPS) is 10.5. The minimum Gasteiger partial charge on any atom is -0.470 e. The Bertz CT molecular complexity index is 629. The first-order chi connectivity index (χ1) is 11.2. The summed E-state index contributed by atoms with van der Waals surface area (Å²) in [5, 5.41) is 13.2. The van der Waals surface area contributed by atoms with Gasteiger partial charge in [0, 0.05) is 0 Å². The number of hydrazone groups is 1. The molecule has 0 spiro atoms. The van der Waals surface area contributed by atoms with E-state index in [1.807, 2.05) is 45.0 Å². The summed E-state index contributed by atoms with van der Waals surface area (Å²) in [6, 6.07) is 12.7. The second-order valence-electron chi connectivity index (χ2n) is 4.35. The summed E-state index contributed by atoms with van der Waals surface area (Å²) in [6.07, 6.45) is 0. The van der Waals surface area contributed by atoms with Gasteiger partial charge < -0.3 is 15.6 Å². The van der Waals surface area contributed by atoms with Crippen LogP contribution in [0.5, 0.6) is 5.75 Å². The number of para-hydroxylation sites is 2. The first kappa shape index (κ1) is 18.4. The third kappa shape index (κ3) is 5.96. The number of hydrogen-bond donors (Lipinski definition) is 3. The van der Waals surface area contributed by atoms with Crippen LogP contribution in [0.2, 0.25) is 0 Å². The molecule has 23 heavy (non-hydrogen) atoms. The van der Waals surface area contributed by atoms with Gasteiger partial charge in [-0.1, -0.05) is 32.0 Å². The van der Waals surface area contributed by atoms with Crippen molar-refractivity contribution < 1.29 is 9.84 Å². The molecule has 4 N–H and O–H groups in total. The molecule has 2 rings (SSSR count). The van der Waals surface area contributed by atoms with Gasteiger partial charge in [0.1, 0.15) is 5.75 Å². The summed E-state index contributed by atoms with van der Waals surface area (Å²) in [4.78, 5) is 4.26. The lowest BCUT2D eigenvalue weighted by Gasteiger charge is -2.08. The summed E-state index contributed by atoms with van der Waals surface area (Å²) in [5.41, 5.74) is 11.2. The zero-order valence-corrected chi connectivity index (χ0v) is 13.8. The Labute approximate surface area is 137 Å². The summed E-state index contributed by atoms with van der Waals surface area (Å²) in [5.74, 6) is 0.609. The average molecular weight is 316 g/mol. The summed E-state index contributed by atoms with van der Waals surface area (Å²) < 4.78 is 5.46. The molecule has 6 nitrogen and oxygen atoms in total. The summed E-state index contributed by atoms with van der Waals surface area (Å²) in [7, 11) is 0. The van der Waals surface area contributed by atoms with Crippen LogP contribution in [0.25, 0.3) is 0 Å². The number of nitrogens with one attached hydrogen (secondary N) is 1. The third-order valence-corrected chi connectivity index (χ3v) is 2.80. The van der Waals surface area contributed by atoms with Gasteiger partial charge in [0.15, 0.2) is 6.73 Å². The lowest BCUT2D eigenvalue weighted by molar-refractivity contribution is 0.277. The Morgan fingerprint density at radius 2 is 1.96 bits per heavy atom. The molecule has 0 saturated carbocycles. The fourth-order valence-corrected chi connectivity index (χ4v) is 1.70. The third-order valence-electron chi connectivity index (χ3n) is 2.80. The van der Waals surface area contributed by atoms with Crippen LogP contribution in [0.3, 0.4) is 0 Å². The van der Waals surface area contributed by atoms with E-state index in [0.717, 1.165) is 0 Å². The number of hydrogen-bond acceptors (Lipinski definition) is 6. The number of pyridine rings is 1. The standard InChI is InChI=1S/C15H18N4O2.C2H6/c1-11(14-7-4-5-12(9-20)18-14)19-17-10-21-15-8-3-2-6-13(15)16;1-2/h2-8,17,20H,9-10,16H2,1H3;1-2H3/b19-11+;. The predicted molar refractivity (Wildman–Crippen MR) is 93.2 cm³/mol. The van der Waals surface area contributed by atoms with Gasteiger partial charge in [0.2, 0.25) is 0 Å². The van der Waals surface area contributed by atoms with E-state index < -0.39 is 0 Å². The van der Waals surface area contributed by atoms with Gasteiger partial charge in [-0.15, -0.1) is 0 Å².